The third-order valence-electron chi connectivity index (χ3n) is 3.34. The Balaban J connectivity index is 1.75. The van der Waals surface area contributed by atoms with Crippen molar-refractivity contribution in [2.75, 3.05) is 6.54 Å². The summed E-state index contributed by atoms with van der Waals surface area (Å²) < 4.78 is 7.13. The summed E-state index contributed by atoms with van der Waals surface area (Å²) in [4.78, 5) is 6.73. The lowest BCUT2D eigenvalue weighted by Crippen LogP contribution is -2.22. The van der Waals surface area contributed by atoms with Crippen molar-refractivity contribution in [3.63, 3.8) is 0 Å². The first kappa shape index (κ1) is 11.4. The van der Waals surface area contributed by atoms with Crippen molar-refractivity contribution in [2.24, 2.45) is 7.05 Å². The molecule has 1 fully saturated rings. The molecule has 3 heterocycles. The fraction of sp³-hybridized carbons (Fsp3) is 0.583. The van der Waals surface area contributed by atoms with Crippen molar-refractivity contribution in [1.82, 2.24) is 24.8 Å². The van der Waals surface area contributed by atoms with Gasteiger partial charge in [-0.15, -0.1) is 0 Å². The van der Waals surface area contributed by atoms with Crippen molar-refractivity contribution < 1.29 is 4.52 Å². The summed E-state index contributed by atoms with van der Waals surface area (Å²) in [6, 6.07) is 0.256. The number of rotatable bonds is 3. The number of hydrogen-bond donors (Lipinski definition) is 0. The quantitative estimate of drug-likeness (QED) is 0.821. The summed E-state index contributed by atoms with van der Waals surface area (Å²) in [6.07, 6.45) is 6.22. The number of hydrogen-bond acceptors (Lipinski definition) is 5. The summed E-state index contributed by atoms with van der Waals surface area (Å²) in [7, 11) is 1.94. The Morgan fingerprint density at radius 3 is 3.06 bits per heavy atom. The lowest BCUT2D eigenvalue weighted by molar-refractivity contribution is 0.201. The summed E-state index contributed by atoms with van der Waals surface area (Å²) >= 11 is 0. The van der Waals surface area contributed by atoms with E-state index < -0.39 is 0 Å². The SMILES string of the molecule is Cc1noc(C2CCCN2Cc2cnn(C)c2)n1. The molecule has 96 valence electrons. The monoisotopic (exact) mass is 247 g/mol. The van der Waals surface area contributed by atoms with Crippen molar-refractivity contribution in [2.45, 2.75) is 32.4 Å². The number of nitrogens with zero attached hydrogens (tertiary/aromatic N) is 5. The van der Waals surface area contributed by atoms with Gasteiger partial charge in [-0.1, -0.05) is 5.16 Å². The molecule has 1 aliphatic heterocycles. The van der Waals surface area contributed by atoms with E-state index in [2.05, 4.69) is 26.3 Å². The van der Waals surface area contributed by atoms with E-state index in [1.165, 1.54) is 12.0 Å². The second kappa shape index (κ2) is 4.53. The highest BCUT2D eigenvalue weighted by atomic mass is 16.5. The van der Waals surface area contributed by atoms with E-state index >= 15 is 0 Å². The minimum atomic E-state index is 0.256. The van der Waals surface area contributed by atoms with Crippen LogP contribution < -0.4 is 0 Å². The second-order valence-corrected chi connectivity index (χ2v) is 4.83. The highest BCUT2D eigenvalue weighted by Gasteiger charge is 2.30. The Hall–Kier alpha value is -1.69. The van der Waals surface area contributed by atoms with Crippen LogP contribution in [0.2, 0.25) is 0 Å². The van der Waals surface area contributed by atoms with Gasteiger partial charge >= 0.3 is 0 Å². The first-order valence-corrected chi connectivity index (χ1v) is 6.24. The zero-order valence-corrected chi connectivity index (χ0v) is 10.7. The standard InChI is InChI=1S/C12H17N5O/c1-9-14-12(18-15-9)11-4-3-5-17(11)8-10-6-13-16(2)7-10/h6-7,11H,3-5,8H2,1-2H3. The summed E-state index contributed by atoms with van der Waals surface area (Å²) in [5.74, 6) is 1.45. The fourth-order valence-corrected chi connectivity index (χ4v) is 2.53. The van der Waals surface area contributed by atoms with E-state index in [4.69, 9.17) is 4.52 Å². The molecule has 6 heteroatoms. The first-order valence-electron chi connectivity index (χ1n) is 6.24. The molecule has 2 aromatic rings. The van der Waals surface area contributed by atoms with Gasteiger partial charge in [-0.3, -0.25) is 9.58 Å². The second-order valence-electron chi connectivity index (χ2n) is 4.83. The van der Waals surface area contributed by atoms with Crippen LogP contribution in [-0.4, -0.2) is 31.4 Å². The molecule has 0 aromatic carbocycles. The van der Waals surface area contributed by atoms with Gasteiger partial charge in [-0.25, -0.2) is 0 Å². The Morgan fingerprint density at radius 1 is 1.50 bits per heavy atom. The topological polar surface area (TPSA) is 60.0 Å². The molecule has 18 heavy (non-hydrogen) atoms. The zero-order valence-electron chi connectivity index (χ0n) is 10.7. The lowest BCUT2D eigenvalue weighted by Gasteiger charge is -2.20. The Bertz CT molecular complexity index is 532. The molecule has 0 radical (unpaired) electrons. The van der Waals surface area contributed by atoms with E-state index in [-0.39, 0.29) is 6.04 Å². The third-order valence-corrected chi connectivity index (χ3v) is 3.34. The minimum absolute atomic E-state index is 0.256. The lowest BCUT2D eigenvalue weighted by atomic mass is 10.2. The summed E-state index contributed by atoms with van der Waals surface area (Å²) in [6.45, 7) is 3.81. The summed E-state index contributed by atoms with van der Waals surface area (Å²) in [5, 5.41) is 8.08. The van der Waals surface area contributed by atoms with Gasteiger partial charge in [0.1, 0.15) is 0 Å². The Kier molecular flexibility index (Phi) is 2.87. The minimum Gasteiger partial charge on any atom is -0.338 e. The Labute approximate surface area is 106 Å². The van der Waals surface area contributed by atoms with Crippen LogP contribution in [0.1, 0.15) is 36.2 Å². The van der Waals surface area contributed by atoms with Crippen molar-refractivity contribution in [3.05, 3.63) is 29.7 Å². The Morgan fingerprint density at radius 2 is 2.39 bits per heavy atom. The highest BCUT2D eigenvalue weighted by Crippen LogP contribution is 2.31. The van der Waals surface area contributed by atoms with E-state index in [0.717, 1.165) is 25.4 Å². The fourth-order valence-electron chi connectivity index (χ4n) is 2.53. The molecule has 1 aliphatic rings. The van der Waals surface area contributed by atoms with Gasteiger partial charge in [0.05, 0.1) is 12.2 Å². The number of aryl methyl sites for hydroxylation is 2. The van der Waals surface area contributed by atoms with Crippen LogP contribution >= 0.6 is 0 Å². The molecule has 2 aromatic heterocycles. The van der Waals surface area contributed by atoms with Gasteiger partial charge in [0.2, 0.25) is 5.89 Å². The molecule has 3 rings (SSSR count). The number of likely N-dealkylation sites (tertiary alicyclic amines) is 1. The molecule has 0 N–H and O–H groups in total. The van der Waals surface area contributed by atoms with E-state index in [0.29, 0.717) is 5.82 Å². The van der Waals surface area contributed by atoms with Crippen molar-refractivity contribution in [1.29, 1.82) is 0 Å². The van der Waals surface area contributed by atoms with Crippen LogP contribution in [0.25, 0.3) is 0 Å². The molecule has 6 nitrogen and oxygen atoms in total. The van der Waals surface area contributed by atoms with E-state index in [1.54, 1.807) is 0 Å². The van der Waals surface area contributed by atoms with Crippen LogP contribution in [0.3, 0.4) is 0 Å². The summed E-state index contributed by atoms with van der Waals surface area (Å²) in [5.41, 5.74) is 1.22. The normalized spacial score (nSPS) is 20.7. The average molecular weight is 247 g/mol. The maximum absolute atomic E-state index is 5.30. The van der Waals surface area contributed by atoms with Gasteiger partial charge in [0.25, 0.3) is 0 Å². The van der Waals surface area contributed by atoms with Gasteiger partial charge in [-0.05, 0) is 26.3 Å². The predicted octanol–water partition coefficient (Wildman–Crippen LogP) is 1.45. The maximum atomic E-state index is 5.30. The van der Waals surface area contributed by atoms with Crippen LogP contribution in [0.5, 0.6) is 0 Å². The average Bonchev–Trinajstić information content (AvgIpc) is 3.01. The molecule has 0 saturated carbocycles. The van der Waals surface area contributed by atoms with Crippen molar-refractivity contribution in [3.8, 4) is 0 Å². The predicted molar refractivity (Wildman–Crippen MR) is 64.6 cm³/mol. The van der Waals surface area contributed by atoms with E-state index in [9.17, 15) is 0 Å². The molecular formula is C12H17N5O. The molecule has 1 atom stereocenters. The molecule has 1 saturated heterocycles. The number of aromatic nitrogens is 4. The van der Waals surface area contributed by atoms with Crippen molar-refractivity contribution >= 4 is 0 Å². The highest BCUT2D eigenvalue weighted by molar-refractivity contribution is 5.06. The smallest absolute Gasteiger partial charge is 0.243 e. The molecule has 0 amide bonds. The van der Waals surface area contributed by atoms with E-state index in [1.807, 2.05) is 24.9 Å². The zero-order chi connectivity index (χ0) is 12.5. The third kappa shape index (κ3) is 2.15. The molecule has 0 aliphatic carbocycles. The van der Waals surface area contributed by atoms with Gasteiger partial charge in [-0.2, -0.15) is 10.1 Å². The maximum Gasteiger partial charge on any atom is 0.243 e. The largest absolute Gasteiger partial charge is 0.338 e. The molecule has 0 spiro atoms. The van der Waals surface area contributed by atoms with Gasteiger partial charge in [0.15, 0.2) is 5.82 Å². The molecule has 1 unspecified atom stereocenters. The van der Waals surface area contributed by atoms with Crippen LogP contribution in [0.4, 0.5) is 0 Å². The molecule has 0 bridgehead atoms. The van der Waals surface area contributed by atoms with Crippen LogP contribution in [-0.2, 0) is 13.6 Å². The first-order chi connectivity index (χ1) is 8.72. The van der Waals surface area contributed by atoms with Gasteiger partial charge < -0.3 is 4.52 Å². The van der Waals surface area contributed by atoms with Crippen LogP contribution in [0, 0.1) is 6.92 Å². The van der Waals surface area contributed by atoms with Gasteiger partial charge in [0, 0.05) is 25.4 Å². The molecular weight excluding hydrogens is 230 g/mol. The van der Waals surface area contributed by atoms with Crippen LogP contribution in [0.15, 0.2) is 16.9 Å².